The Labute approximate surface area is 80.3 Å². The first kappa shape index (κ1) is 10.3. The first-order valence-electron chi connectivity index (χ1n) is 5.07. The second-order valence-corrected chi connectivity index (χ2v) is 3.53. The van der Waals surface area contributed by atoms with Crippen LogP contribution in [0.4, 0.5) is 0 Å². The zero-order valence-electron chi connectivity index (χ0n) is 8.55. The van der Waals surface area contributed by atoms with Crippen LogP contribution in [0.2, 0.25) is 0 Å². The molecule has 0 aromatic carbocycles. The average Bonchev–Trinajstić information content (AvgIpc) is 2.64. The SMILES string of the molecule is CCCNC(C)CCc1ccoc1. The highest BCUT2D eigenvalue weighted by Gasteiger charge is 2.01. The molecule has 0 radical (unpaired) electrons. The van der Waals surface area contributed by atoms with Crippen LogP contribution in [0.1, 0.15) is 32.3 Å². The molecule has 13 heavy (non-hydrogen) atoms. The molecule has 1 heterocycles. The summed E-state index contributed by atoms with van der Waals surface area (Å²) in [5.74, 6) is 0. The number of aryl methyl sites for hydroxylation is 1. The summed E-state index contributed by atoms with van der Waals surface area (Å²) in [6.45, 7) is 5.54. The van der Waals surface area contributed by atoms with Crippen LogP contribution in [0.25, 0.3) is 0 Å². The van der Waals surface area contributed by atoms with Crippen molar-refractivity contribution in [3.05, 3.63) is 24.2 Å². The smallest absolute Gasteiger partial charge is 0.0934 e. The maximum absolute atomic E-state index is 5.01. The molecule has 0 aliphatic heterocycles. The lowest BCUT2D eigenvalue weighted by Gasteiger charge is -2.11. The molecule has 2 nitrogen and oxygen atoms in total. The highest BCUT2D eigenvalue weighted by Crippen LogP contribution is 2.05. The molecule has 0 saturated heterocycles. The molecule has 0 aliphatic carbocycles. The van der Waals surface area contributed by atoms with Gasteiger partial charge in [-0.15, -0.1) is 0 Å². The van der Waals surface area contributed by atoms with E-state index in [1.807, 2.05) is 12.3 Å². The van der Waals surface area contributed by atoms with E-state index in [0.717, 1.165) is 13.0 Å². The maximum atomic E-state index is 5.01. The highest BCUT2D eigenvalue weighted by molar-refractivity contribution is 5.05. The van der Waals surface area contributed by atoms with E-state index in [2.05, 4.69) is 19.2 Å². The van der Waals surface area contributed by atoms with Crippen LogP contribution < -0.4 is 5.32 Å². The molecule has 0 saturated carbocycles. The Bertz CT molecular complexity index is 206. The zero-order chi connectivity index (χ0) is 9.52. The van der Waals surface area contributed by atoms with E-state index < -0.39 is 0 Å². The summed E-state index contributed by atoms with van der Waals surface area (Å²) in [4.78, 5) is 0. The van der Waals surface area contributed by atoms with Gasteiger partial charge in [0.15, 0.2) is 0 Å². The van der Waals surface area contributed by atoms with Gasteiger partial charge in [-0.25, -0.2) is 0 Å². The van der Waals surface area contributed by atoms with Gasteiger partial charge < -0.3 is 9.73 Å². The van der Waals surface area contributed by atoms with E-state index in [0.29, 0.717) is 6.04 Å². The molecular formula is C11H19NO. The van der Waals surface area contributed by atoms with E-state index in [4.69, 9.17) is 4.42 Å². The summed E-state index contributed by atoms with van der Waals surface area (Å²) >= 11 is 0. The van der Waals surface area contributed by atoms with Gasteiger partial charge in [0.1, 0.15) is 0 Å². The van der Waals surface area contributed by atoms with Gasteiger partial charge in [-0.2, -0.15) is 0 Å². The van der Waals surface area contributed by atoms with E-state index in [-0.39, 0.29) is 0 Å². The van der Waals surface area contributed by atoms with E-state index >= 15 is 0 Å². The number of hydrogen-bond acceptors (Lipinski definition) is 2. The molecule has 1 aromatic heterocycles. The first-order chi connectivity index (χ1) is 6.33. The number of nitrogens with one attached hydrogen (secondary N) is 1. The van der Waals surface area contributed by atoms with Crippen molar-refractivity contribution in [2.75, 3.05) is 6.54 Å². The molecule has 1 aromatic rings. The molecule has 0 bridgehead atoms. The standard InChI is InChI=1S/C11H19NO/c1-3-7-12-10(2)4-5-11-6-8-13-9-11/h6,8-10,12H,3-5,7H2,1-2H3. The Morgan fingerprint density at radius 2 is 2.38 bits per heavy atom. The Hall–Kier alpha value is -0.760. The predicted octanol–water partition coefficient (Wildman–Crippen LogP) is 2.60. The van der Waals surface area contributed by atoms with Gasteiger partial charge in [0.2, 0.25) is 0 Å². The molecular weight excluding hydrogens is 162 g/mol. The number of furan rings is 1. The van der Waals surface area contributed by atoms with Crippen molar-refractivity contribution in [3.63, 3.8) is 0 Å². The van der Waals surface area contributed by atoms with Crippen molar-refractivity contribution in [1.29, 1.82) is 0 Å². The van der Waals surface area contributed by atoms with Gasteiger partial charge >= 0.3 is 0 Å². The van der Waals surface area contributed by atoms with Gasteiger partial charge in [-0.3, -0.25) is 0 Å². The summed E-state index contributed by atoms with van der Waals surface area (Å²) < 4.78 is 5.01. The molecule has 0 spiro atoms. The minimum atomic E-state index is 0.606. The first-order valence-corrected chi connectivity index (χ1v) is 5.07. The topological polar surface area (TPSA) is 25.2 Å². The second kappa shape index (κ2) is 5.81. The Morgan fingerprint density at radius 3 is 3.00 bits per heavy atom. The van der Waals surface area contributed by atoms with Crippen molar-refractivity contribution in [2.24, 2.45) is 0 Å². The largest absolute Gasteiger partial charge is 0.472 e. The molecule has 1 rings (SSSR count). The van der Waals surface area contributed by atoms with Crippen LogP contribution in [0, 0.1) is 0 Å². The van der Waals surface area contributed by atoms with Crippen molar-refractivity contribution in [2.45, 2.75) is 39.2 Å². The number of rotatable bonds is 6. The summed E-state index contributed by atoms with van der Waals surface area (Å²) in [5, 5.41) is 3.46. The minimum Gasteiger partial charge on any atom is -0.472 e. The lowest BCUT2D eigenvalue weighted by Crippen LogP contribution is -2.26. The fourth-order valence-electron chi connectivity index (χ4n) is 1.31. The normalized spacial score (nSPS) is 13.1. The van der Waals surface area contributed by atoms with Crippen molar-refractivity contribution in [1.82, 2.24) is 5.32 Å². The quantitative estimate of drug-likeness (QED) is 0.729. The predicted molar refractivity (Wildman–Crippen MR) is 54.8 cm³/mol. The van der Waals surface area contributed by atoms with Crippen LogP contribution in [0.3, 0.4) is 0 Å². The van der Waals surface area contributed by atoms with Crippen LogP contribution in [-0.2, 0) is 6.42 Å². The van der Waals surface area contributed by atoms with Gasteiger partial charge in [0, 0.05) is 6.04 Å². The van der Waals surface area contributed by atoms with Crippen LogP contribution in [0.15, 0.2) is 23.0 Å². The number of hydrogen-bond donors (Lipinski definition) is 1. The summed E-state index contributed by atoms with van der Waals surface area (Å²) in [7, 11) is 0. The molecule has 1 atom stereocenters. The van der Waals surface area contributed by atoms with Crippen molar-refractivity contribution < 1.29 is 4.42 Å². The Morgan fingerprint density at radius 1 is 1.54 bits per heavy atom. The molecule has 2 heteroatoms. The van der Waals surface area contributed by atoms with Gasteiger partial charge in [-0.1, -0.05) is 6.92 Å². The van der Waals surface area contributed by atoms with Crippen LogP contribution in [-0.4, -0.2) is 12.6 Å². The Balaban J connectivity index is 2.11. The molecule has 74 valence electrons. The highest BCUT2D eigenvalue weighted by atomic mass is 16.3. The van der Waals surface area contributed by atoms with Crippen molar-refractivity contribution in [3.8, 4) is 0 Å². The third kappa shape index (κ3) is 4.13. The van der Waals surface area contributed by atoms with Gasteiger partial charge in [0.05, 0.1) is 12.5 Å². The minimum absolute atomic E-state index is 0.606. The fourth-order valence-corrected chi connectivity index (χ4v) is 1.31. The van der Waals surface area contributed by atoms with E-state index in [9.17, 15) is 0 Å². The van der Waals surface area contributed by atoms with Crippen LogP contribution >= 0.6 is 0 Å². The Kier molecular flexibility index (Phi) is 4.61. The second-order valence-electron chi connectivity index (χ2n) is 3.53. The average molecular weight is 181 g/mol. The van der Waals surface area contributed by atoms with Gasteiger partial charge in [-0.05, 0) is 44.4 Å². The lowest BCUT2D eigenvalue weighted by molar-refractivity contribution is 0.510. The fraction of sp³-hybridized carbons (Fsp3) is 0.636. The summed E-state index contributed by atoms with van der Waals surface area (Å²) in [6.07, 6.45) is 7.05. The molecule has 0 aliphatic rings. The monoisotopic (exact) mass is 181 g/mol. The molecule has 1 unspecified atom stereocenters. The molecule has 1 N–H and O–H groups in total. The zero-order valence-corrected chi connectivity index (χ0v) is 8.55. The third-order valence-corrected chi connectivity index (χ3v) is 2.19. The maximum Gasteiger partial charge on any atom is 0.0934 e. The molecule has 0 fully saturated rings. The summed E-state index contributed by atoms with van der Waals surface area (Å²) in [6, 6.07) is 2.64. The summed E-state index contributed by atoms with van der Waals surface area (Å²) in [5.41, 5.74) is 1.30. The van der Waals surface area contributed by atoms with Crippen molar-refractivity contribution >= 4 is 0 Å². The third-order valence-electron chi connectivity index (χ3n) is 2.19. The van der Waals surface area contributed by atoms with E-state index in [1.54, 1.807) is 6.26 Å². The van der Waals surface area contributed by atoms with E-state index in [1.165, 1.54) is 18.4 Å². The van der Waals surface area contributed by atoms with Crippen LogP contribution in [0.5, 0.6) is 0 Å². The van der Waals surface area contributed by atoms with Gasteiger partial charge in [0.25, 0.3) is 0 Å². The lowest BCUT2D eigenvalue weighted by atomic mass is 10.1. The molecule has 0 amide bonds.